The fourth-order valence-corrected chi connectivity index (χ4v) is 2.36. The molecule has 2 rings (SSSR count). The van der Waals surface area contributed by atoms with Gasteiger partial charge < -0.3 is 10.7 Å². The monoisotopic (exact) mass is 277 g/mol. The molecule has 0 spiro atoms. The molecule has 0 aliphatic rings. The molecule has 2 aromatic carbocycles. The van der Waals surface area contributed by atoms with Crippen LogP contribution in [0.2, 0.25) is 0 Å². The van der Waals surface area contributed by atoms with Crippen molar-refractivity contribution in [1.29, 1.82) is 10.7 Å². The summed E-state index contributed by atoms with van der Waals surface area (Å²) >= 11 is 0. The zero-order valence-corrected chi connectivity index (χ0v) is 12.6. The van der Waals surface area contributed by atoms with Crippen molar-refractivity contribution < 1.29 is 0 Å². The molecule has 0 saturated heterocycles. The SMILES string of the molecule is CC(=N)c1ccc(C)cc1NCc1c(C)cccc1C#N. The van der Waals surface area contributed by atoms with E-state index in [1.54, 1.807) is 6.92 Å². The highest BCUT2D eigenvalue weighted by atomic mass is 14.9. The van der Waals surface area contributed by atoms with Gasteiger partial charge in [0.25, 0.3) is 0 Å². The highest BCUT2D eigenvalue weighted by Gasteiger charge is 2.08. The van der Waals surface area contributed by atoms with E-state index >= 15 is 0 Å². The Morgan fingerprint density at radius 3 is 2.67 bits per heavy atom. The molecule has 0 heterocycles. The number of nitriles is 1. The molecule has 0 aromatic heterocycles. The van der Waals surface area contributed by atoms with Gasteiger partial charge in [-0.3, -0.25) is 0 Å². The summed E-state index contributed by atoms with van der Waals surface area (Å²) in [5.74, 6) is 0. The summed E-state index contributed by atoms with van der Waals surface area (Å²) in [6.07, 6.45) is 0. The van der Waals surface area contributed by atoms with Crippen LogP contribution < -0.4 is 5.32 Å². The van der Waals surface area contributed by atoms with Crippen molar-refractivity contribution >= 4 is 11.4 Å². The number of hydrogen-bond donors (Lipinski definition) is 2. The number of benzene rings is 2. The Morgan fingerprint density at radius 1 is 1.24 bits per heavy atom. The molecule has 3 nitrogen and oxygen atoms in total. The van der Waals surface area contributed by atoms with Crippen LogP contribution in [0.3, 0.4) is 0 Å². The van der Waals surface area contributed by atoms with Crippen molar-refractivity contribution in [3.63, 3.8) is 0 Å². The number of aryl methyl sites for hydroxylation is 2. The Balaban J connectivity index is 2.31. The topological polar surface area (TPSA) is 59.7 Å². The predicted molar refractivity (Wildman–Crippen MR) is 86.9 cm³/mol. The van der Waals surface area contributed by atoms with Crippen molar-refractivity contribution in [2.45, 2.75) is 27.3 Å². The Bertz CT molecular complexity index is 724. The lowest BCUT2D eigenvalue weighted by atomic mass is 10.0. The van der Waals surface area contributed by atoms with Gasteiger partial charge in [0, 0.05) is 23.5 Å². The summed E-state index contributed by atoms with van der Waals surface area (Å²) < 4.78 is 0. The first-order chi connectivity index (χ1) is 10.0. The highest BCUT2D eigenvalue weighted by molar-refractivity contribution is 6.01. The van der Waals surface area contributed by atoms with E-state index in [9.17, 15) is 5.26 Å². The highest BCUT2D eigenvalue weighted by Crippen LogP contribution is 2.21. The summed E-state index contributed by atoms with van der Waals surface area (Å²) in [6, 6.07) is 14.0. The van der Waals surface area contributed by atoms with Crippen molar-refractivity contribution in [1.82, 2.24) is 0 Å². The van der Waals surface area contributed by atoms with Gasteiger partial charge in [-0.2, -0.15) is 5.26 Å². The maximum absolute atomic E-state index is 9.22. The average Bonchev–Trinajstić information content (AvgIpc) is 2.45. The molecule has 0 radical (unpaired) electrons. The zero-order valence-electron chi connectivity index (χ0n) is 12.6. The van der Waals surface area contributed by atoms with Crippen molar-refractivity contribution in [3.05, 3.63) is 64.2 Å². The third kappa shape index (κ3) is 3.29. The molecule has 2 N–H and O–H groups in total. The number of hydrogen-bond acceptors (Lipinski definition) is 3. The Hall–Kier alpha value is -2.60. The maximum atomic E-state index is 9.22. The number of nitrogens with one attached hydrogen (secondary N) is 2. The molecule has 106 valence electrons. The number of nitrogens with zero attached hydrogens (tertiary/aromatic N) is 1. The van der Waals surface area contributed by atoms with Crippen LogP contribution in [0.4, 0.5) is 5.69 Å². The van der Waals surface area contributed by atoms with Crippen LogP contribution in [-0.2, 0) is 6.54 Å². The second-order valence-corrected chi connectivity index (χ2v) is 5.24. The molecule has 3 heteroatoms. The lowest BCUT2D eigenvalue weighted by Crippen LogP contribution is -2.07. The van der Waals surface area contributed by atoms with E-state index in [1.165, 1.54) is 0 Å². The molecular formula is C18H19N3. The smallest absolute Gasteiger partial charge is 0.0995 e. The standard InChI is InChI=1S/C18H19N3/c1-12-7-8-16(14(3)20)18(9-12)21-11-17-13(2)5-4-6-15(17)10-19/h4-9,20-21H,11H2,1-3H3. The van der Waals surface area contributed by atoms with Crippen LogP contribution >= 0.6 is 0 Å². The van der Waals surface area contributed by atoms with E-state index < -0.39 is 0 Å². The third-order valence-electron chi connectivity index (χ3n) is 3.57. The van der Waals surface area contributed by atoms with Gasteiger partial charge >= 0.3 is 0 Å². The van der Waals surface area contributed by atoms with Gasteiger partial charge in [0.2, 0.25) is 0 Å². The number of anilines is 1. The lowest BCUT2D eigenvalue weighted by molar-refractivity contribution is 1.10. The number of rotatable bonds is 4. The molecule has 0 amide bonds. The van der Waals surface area contributed by atoms with Crippen LogP contribution in [0, 0.1) is 30.6 Å². The van der Waals surface area contributed by atoms with Gasteiger partial charge in [-0.05, 0) is 49.6 Å². The second-order valence-electron chi connectivity index (χ2n) is 5.24. The van der Waals surface area contributed by atoms with E-state index in [4.69, 9.17) is 5.41 Å². The molecule has 0 atom stereocenters. The van der Waals surface area contributed by atoms with E-state index in [0.29, 0.717) is 17.8 Å². The summed E-state index contributed by atoms with van der Waals surface area (Å²) in [6.45, 7) is 6.41. The molecule has 2 aromatic rings. The van der Waals surface area contributed by atoms with Gasteiger partial charge in [-0.15, -0.1) is 0 Å². The minimum atomic E-state index is 0.530. The molecule has 21 heavy (non-hydrogen) atoms. The molecule has 0 aliphatic heterocycles. The fraction of sp³-hybridized carbons (Fsp3) is 0.222. The van der Waals surface area contributed by atoms with Gasteiger partial charge in [0.1, 0.15) is 0 Å². The summed E-state index contributed by atoms with van der Waals surface area (Å²) in [5.41, 5.74) is 6.32. The van der Waals surface area contributed by atoms with E-state index in [2.05, 4.69) is 11.4 Å². The third-order valence-corrected chi connectivity index (χ3v) is 3.57. The average molecular weight is 277 g/mol. The minimum absolute atomic E-state index is 0.530. The van der Waals surface area contributed by atoms with Crippen LogP contribution in [0.15, 0.2) is 36.4 Å². The van der Waals surface area contributed by atoms with Crippen LogP contribution in [0.25, 0.3) is 0 Å². The molecular weight excluding hydrogens is 258 g/mol. The normalized spacial score (nSPS) is 10.0. The predicted octanol–water partition coefficient (Wildman–Crippen LogP) is 4.17. The fourth-order valence-electron chi connectivity index (χ4n) is 2.36. The Morgan fingerprint density at radius 2 is 2.00 bits per heavy atom. The molecule has 0 fully saturated rings. The first-order valence-corrected chi connectivity index (χ1v) is 6.91. The summed E-state index contributed by atoms with van der Waals surface area (Å²) in [7, 11) is 0. The largest absolute Gasteiger partial charge is 0.380 e. The summed E-state index contributed by atoms with van der Waals surface area (Å²) in [4.78, 5) is 0. The van der Waals surface area contributed by atoms with Crippen LogP contribution in [0.1, 0.15) is 34.7 Å². The Kier molecular flexibility index (Phi) is 4.39. The molecule has 0 bridgehead atoms. The molecule has 0 unspecified atom stereocenters. The zero-order chi connectivity index (χ0) is 15.4. The van der Waals surface area contributed by atoms with Gasteiger partial charge in [0.05, 0.1) is 11.6 Å². The van der Waals surface area contributed by atoms with Crippen LogP contribution in [-0.4, -0.2) is 5.71 Å². The lowest BCUT2D eigenvalue weighted by Gasteiger charge is -2.14. The van der Waals surface area contributed by atoms with Gasteiger partial charge in [-0.25, -0.2) is 0 Å². The second kappa shape index (κ2) is 6.23. The maximum Gasteiger partial charge on any atom is 0.0995 e. The van der Waals surface area contributed by atoms with Crippen molar-refractivity contribution in [2.24, 2.45) is 0 Å². The van der Waals surface area contributed by atoms with Crippen molar-refractivity contribution in [3.8, 4) is 6.07 Å². The first-order valence-electron chi connectivity index (χ1n) is 6.91. The quantitative estimate of drug-likeness (QED) is 0.824. The molecule has 0 saturated carbocycles. The van der Waals surface area contributed by atoms with E-state index in [0.717, 1.165) is 27.9 Å². The van der Waals surface area contributed by atoms with Gasteiger partial charge in [-0.1, -0.05) is 24.3 Å². The first kappa shape index (κ1) is 14.8. The molecule has 0 aliphatic carbocycles. The van der Waals surface area contributed by atoms with Crippen molar-refractivity contribution in [2.75, 3.05) is 5.32 Å². The van der Waals surface area contributed by atoms with Gasteiger partial charge in [0.15, 0.2) is 0 Å². The minimum Gasteiger partial charge on any atom is -0.380 e. The van der Waals surface area contributed by atoms with E-state index in [-0.39, 0.29) is 0 Å². The Labute approximate surface area is 125 Å². The van der Waals surface area contributed by atoms with Crippen LogP contribution in [0.5, 0.6) is 0 Å². The van der Waals surface area contributed by atoms with E-state index in [1.807, 2.05) is 50.2 Å². The summed E-state index contributed by atoms with van der Waals surface area (Å²) in [5, 5.41) is 20.4.